The summed E-state index contributed by atoms with van der Waals surface area (Å²) in [5.74, 6) is -2.54. The molecular formula is C8H5Cl6F3O2. The molecule has 19 heavy (non-hydrogen) atoms. The van der Waals surface area contributed by atoms with Crippen LogP contribution >= 0.6 is 69.6 Å². The summed E-state index contributed by atoms with van der Waals surface area (Å²) >= 11 is 34.8. The molecular weight excluding hydrogens is 398 g/mol. The molecule has 1 saturated carbocycles. The van der Waals surface area contributed by atoms with Gasteiger partial charge in [-0.1, -0.05) is 11.6 Å². The first-order valence-electron chi connectivity index (χ1n) is 4.62. The van der Waals surface area contributed by atoms with Crippen molar-refractivity contribution in [3.05, 3.63) is 0 Å². The van der Waals surface area contributed by atoms with E-state index in [1.54, 1.807) is 0 Å². The molecule has 1 rings (SSSR count). The molecule has 0 bridgehead atoms. The number of carbonyl (C=O) groups is 1. The quantitative estimate of drug-likeness (QED) is 0.488. The lowest BCUT2D eigenvalue weighted by Gasteiger charge is -2.45. The molecule has 11 heteroatoms. The Morgan fingerprint density at radius 3 is 1.63 bits per heavy atom. The number of alkyl halides is 9. The van der Waals surface area contributed by atoms with E-state index in [0.717, 1.165) is 0 Å². The summed E-state index contributed by atoms with van der Waals surface area (Å²) in [6, 6.07) is 0. The maximum atomic E-state index is 12.2. The van der Waals surface area contributed by atoms with Crippen molar-refractivity contribution in [1.82, 2.24) is 0 Å². The first-order chi connectivity index (χ1) is 8.43. The van der Waals surface area contributed by atoms with Crippen LogP contribution in [0.4, 0.5) is 13.2 Å². The SMILES string of the molecule is O=C(OC1(Cl)C(Cl)C(Cl)C(Cl)C(Cl)C1Cl)C(F)(F)F. The summed E-state index contributed by atoms with van der Waals surface area (Å²) in [6.07, 6.45) is -5.25. The van der Waals surface area contributed by atoms with E-state index in [2.05, 4.69) is 4.74 Å². The Kier molecular flexibility index (Phi) is 5.71. The second-order valence-electron chi connectivity index (χ2n) is 3.72. The molecule has 1 aliphatic rings. The minimum Gasteiger partial charge on any atom is -0.433 e. The molecule has 0 radical (unpaired) electrons. The fourth-order valence-electron chi connectivity index (χ4n) is 1.40. The number of esters is 1. The minimum atomic E-state index is -5.25. The number of carbonyl (C=O) groups excluding carboxylic acids is 1. The van der Waals surface area contributed by atoms with E-state index < -0.39 is 44.1 Å². The highest BCUT2D eigenvalue weighted by molar-refractivity contribution is 6.46. The Labute approximate surface area is 136 Å². The monoisotopic (exact) mass is 400 g/mol. The highest BCUT2D eigenvalue weighted by Crippen LogP contribution is 2.48. The average Bonchev–Trinajstić information content (AvgIpc) is 2.31. The maximum absolute atomic E-state index is 12.2. The van der Waals surface area contributed by atoms with Crippen molar-refractivity contribution in [1.29, 1.82) is 0 Å². The van der Waals surface area contributed by atoms with E-state index in [-0.39, 0.29) is 0 Å². The van der Waals surface area contributed by atoms with Crippen molar-refractivity contribution in [2.45, 2.75) is 38.1 Å². The third kappa shape index (κ3) is 3.43. The van der Waals surface area contributed by atoms with Gasteiger partial charge < -0.3 is 4.74 Å². The first kappa shape index (κ1) is 18.1. The van der Waals surface area contributed by atoms with Crippen LogP contribution in [0.25, 0.3) is 0 Å². The molecule has 0 spiro atoms. The Balaban J connectivity index is 3.04. The van der Waals surface area contributed by atoms with Crippen LogP contribution in [-0.2, 0) is 9.53 Å². The number of ether oxygens (including phenoxy) is 1. The van der Waals surface area contributed by atoms with Gasteiger partial charge in [0.25, 0.3) is 0 Å². The van der Waals surface area contributed by atoms with E-state index in [9.17, 15) is 18.0 Å². The molecule has 0 N–H and O–H groups in total. The molecule has 2 nitrogen and oxygen atoms in total. The highest BCUT2D eigenvalue weighted by Gasteiger charge is 2.61. The number of rotatable bonds is 1. The molecule has 1 fully saturated rings. The lowest BCUT2D eigenvalue weighted by Crippen LogP contribution is -2.62. The smallest absolute Gasteiger partial charge is 0.433 e. The Morgan fingerprint density at radius 1 is 0.947 bits per heavy atom. The van der Waals surface area contributed by atoms with Crippen molar-refractivity contribution < 1.29 is 22.7 Å². The van der Waals surface area contributed by atoms with Gasteiger partial charge >= 0.3 is 12.1 Å². The molecule has 0 aromatic heterocycles. The number of hydrogen-bond acceptors (Lipinski definition) is 2. The summed E-state index contributed by atoms with van der Waals surface area (Å²) < 4.78 is 40.7. The van der Waals surface area contributed by atoms with Crippen molar-refractivity contribution in [2.24, 2.45) is 0 Å². The van der Waals surface area contributed by atoms with E-state index in [1.807, 2.05) is 0 Å². The first-order valence-corrected chi connectivity index (χ1v) is 7.18. The van der Waals surface area contributed by atoms with Crippen LogP contribution in [0.1, 0.15) is 0 Å². The molecule has 4 unspecified atom stereocenters. The van der Waals surface area contributed by atoms with Crippen LogP contribution in [0.3, 0.4) is 0 Å². The zero-order valence-corrected chi connectivity index (χ0v) is 13.1. The fourth-order valence-corrected chi connectivity index (χ4v) is 3.81. The molecule has 0 aliphatic heterocycles. The Hall–Kier alpha value is 1.000. The number of hydrogen-bond donors (Lipinski definition) is 0. The second-order valence-corrected chi connectivity index (χ2v) is 6.76. The van der Waals surface area contributed by atoms with E-state index in [4.69, 9.17) is 69.6 Å². The van der Waals surface area contributed by atoms with Crippen molar-refractivity contribution in [3.63, 3.8) is 0 Å². The van der Waals surface area contributed by atoms with Crippen LogP contribution in [-0.4, -0.2) is 44.1 Å². The largest absolute Gasteiger partial charge is 0.490 e. The zero-order chi connectivity index (χ0) is 15.2. The molecule has 1 aliphatic carbocycles. The van der Waals surface area contributed by atoms with E-state index in [0.29, 0.717) is 0 Å². The highest BCUT2D eigenvalue weighted by atomic mass is 35.5. The molecule has 0 amide bonds. The van der Waals surface area contributed by atoms with Gasteiger partial charge in [-0.15, -0.1) is 58.0 Å². The van der Waals surface area contributed by atoms with Gasteiger partial charge in [-0.25, -0.2) is 4.79 Å². The molecule has 0 aromatic carbocycles. The van der Waals surface area contributed by atoms with Crippen molar-refractivity contribution in [2.75, 3.05) is 0 Å². The van der Waals surface area contributed by atoms with Crippen molar-refractivity contribution in [3.8, 4) is 0 Å². The summed E-state index contributed by atoms with van der Waals surface area (Å²) in [6.45, 7) is 0. The van der Waals surface area contributed by atoms with E-state index >= 15 is 0 Å². The normalized spacial score (nSPS) is 43.9. The van der Waals surface area contributed by atoms with Gasteiger partial charge in [0, 0.05) is 0 Å². The summed E-state index contributed by atoms with van der Waals surface area (Å²) in [4.78, 5) is 10.9. The Morgan fingerprint density at radius 2 is 1.32 bits per heavy atom. The van der Waals surface area contributed by atoms with Crippen molar-refractivity contribution >= 4 is 75.6 Å². The maximum Gasteiger partial charge on any atom is 0.490 e. The third-order valence-corrected chi connectivity index (χ3v) is 6.47. The van der Waals surface area contributed by atoms with E-state index in [1.165, 1.54) is 0 Å². The molecule has 0 saturated heterocycles. The third-order valence-electron chi connectivity index (χ3n) is 2.40. The summed E-state index contributed by atoms with van der Waals surface area (Å²) in [7, 11) is 0. The summed E-state index contributed by atoms with van der Waals surface area (Å²) in [5.41, 5.74) is 0. The van der Waals surface area contributed by atoms with Gasteiger partial charge in [0.2, 0.25) is 5.06 Å². The predicted octanol–water partition coefficient (Wildman–Crippen LogP) is 4.08. The molecule has 0 aromatic rings. The topological polar surface area (TPSA) is 26.3 Å². The predicted molar refractivity (Wildman–Crippen MR) is 68.9 cm³/mol. The lowest BCUT2D eigenvalue weighted by molar-refractivity contribution is -0.208. The van der Waals surface area contributed by atoms with Crippen LogP contribution in [0.2, 0.25) is 0 Å². The standard InChI is InChI=1S/C8H5Cl6F3O2/c9-1-2(10)4(12)7(14,5(13)3(1)11)19-6(18)8(15,16)17/h1-5H. The van der Waals surface area contributed by atoms with Crippen LogP contribution < -0.4 is 0 Å². The molecule has 4 atom stereocenters. The molecule has 112 valence electrons. The molecule has 0 heterocycles. The summed E-state index contributed by atoms with van der Waals surface area (Å²) in [5, 5.41) is -8.56. The fraction of sp³-hybridized carbons (Fsp3) is 0.875. The van der Waals surface area contributed by atoms with Gasteiger partial charge in [0.15, 0.2) is 0 Å². The lowest BCUT2D eigenvalue weighted by atomic mass is 9.94. The van der Waals surface area contributed by atoms with Gasteiger partial charge in [-0.05, 0) is 0 Å². The average molecular weight is 403 g/mol. The Bertz CT molecular complexity index is 349. The number of halogens is 9. The van der Waals surface area contributed by atoms with Gasteiger partial charge in [0.05, 0.1) is 16.1 Å². The second kappa shape index (κ2) is 6.01. The zero-order valence-electron chi connectivity index (χ0n) is 8.60. The van der Waals surface area contributed by atoms with Gasteiger partial charge in [-0.2, -0.15) is 13.2 Å². The van der Waals surface area contributed by atoms with Gasteiger partial charge in [-0.3, -0.25) is 0 Å². The van der Waals surface area contributed by atoms with Crippen LogP contribution in [0.15, 0.2) is 0 Å². The minimum absolute atomic E-state index is 0.954. The van der Waals surface area contributed by atoms with Crippen LogP contribution in [0.5, 0.6) is 0 Å². The van der Waals surface area contributed by atoms with Crippen LogP contribution in [0, 0.1) is 0 Å². The van der Waals surface area contributed by atoms with Gasteiger partial charge in [0.1, 0.15) is 10.8 Å².